The van der Waals surface area contributed by atoms with Crippen molar-refractivity contribution in [3.8, 4) is 0 Å². The van der Waals surface area contributed by atoms with Crippen LogP contribution in [0.1, 0.15) is 35.4 Å². The van der Waals surface area contributed by atoms with Crippen LogP contribution in [-0.2, 0) is 6.54 Å². The molecule has 1 saturated carbocycles. The lowest BCUT2D eigenvalue weighted by molar-refractivity contribution is 0.0949. The molecule has 5 nitrogen and oxygen atoms in total. The van der Waals surface area contributed by atoms with Gasteiger partial charge in [-0.05, 0) is 31.9 Å². The van der Waals surface area contributed by atoms with Crippen molar-refractivity contribution in [3.05, 3.63) is 23.7 Å². The summed E-state index contributed by atoms with van der Waals surface area (Å²) in [6.07, 6.45) is 5.51. The third kappa shape index (κ3) is 2.87. The molecule has 94 valence electrons. The molecule has 1 aliphatic rings. The average Bonchev–Trinajstić information content (AvgIpc) is 2.70. The van der Waals surface area contributed by atoms with Crippen LogP contribution in [0.2, 0.25) is 0 Å². The van der Waals surface area contributed by atoms with Crippen molar-refractivity contribution < 1.29 is 9.21 Å². The molecule has 0 aliphatic heterocycles. The number of furan rings is 1. The zero-order valence-electron chi connectivity index (χ0n) is 10.1. The van der Waals surface area contributed by atoms with E-state index in [4.69, 9.17) is 10.3 Å². The van der Waals surface area contributed by atoms with E-state index in [0.717, 1.165) is 12.5 Å². The highest BCUT2D eigenvalue weighted by Gasteiger charge is 2.21. The van der Waals surface area contributed by atoms with Crippen molar-refractivity contribution >= 4 is 5.91 Å². The molecule has 1 aromatic rings. The summed E-state index contributed by atoms with van der Waals surface area (Å²) in [5, 5.41) is 0. The van der Waals surface area contributed by atoms with Crippen LogP contribution >= 0.6 is 0 Å². The fourth-order valence-corrected chi connectivity index (χ4v) is 2.17. The highest BCUT2D eigenvalue weighted by molar-refractivity contribution is 5.94. The first-order valence-corrected chi connectivity index (χ1v) is 5.96. The minimum Gasteiger partial charge on any atom is -0.467 e. The number of hydrazine groups is 1. The zero-order chi connectivity index (χ0) is 12.3. The van der Waals surface area contributed by atoms with Gasteiger partial charge < -0.3 is 4.42 Å². The molecule has 1 aromatic heterocycles. The monoisotopic (exact) mass is 237 g/mol. The van der Waals surface area contributed by atoms with E-state index in [1.807, 2.05) is 7.05 Å². The third-order valence-corrected chi connectivity index (χ3v) is 3.33. The minimum absolute atomic E-state index is 0.300. The van der Waals surface area contributed by atoms with Crippen LogP contribution < -0.4 is 11.3 Å². The smallest absolute Gasteiger partial charge is 0.268 e. The second kappa shape index (κ2) is 5.33. The maximum atomic E-state index is 11.5. The van der Waals surface area contributed by atoms with E-state index in [9.17, 15) is 4.79 Å². The minimum atomic E-state index is -0.300. The number of amides is 1. The largest absolute Gasteiger partial charge is 0.467 e. The summed E-state index contributed by atoms with van der Waals surface area (Å²) in [7, 11) is 2.05. The summed E-state index contributed by atoms with van der Waals surface area (Å²) in [5.41, 5.74) is 2.65. The number of nitrogen functional groups attached to an aromatic ring is 1. The van der Waals surface area contributed by atoms with Gasteiger partial charge in [-0.3, -0.25) is 15.1 Å². The molecule has 0 spiro atoms. The van der Waals surface area contributed by atoms with Gasteiger partial charge in [0.1, 0.15) is 5.76 Å². The predicted molar refractivity (Wildman–Crippen MR) is 64.0 cm³/mol. The first-order chi connectivity index (χ1) is 8.20. The average molecular weight is 237 g/mol. The normalized spacial score (nSPS) is 15.9. The first-order valence-electron chi connectivity index (χ1n) is 5.96. The zero-order valence-corrected chi connectivity index (χ0v) is 10.1. The van der Waals surface area contributed by atoms with E-state index in [2.05, 4.69) is 10.3 Å². The topological polar surface area (TPSA) is 71.5 Å². The van der Waals surface area contributed by atoms with Gasteiger partial charge in [0.15, 0.2) is 0 Å². The van der Waals surface area contributed by atoms with Gasteiger partial charge in [0.25, 0.3) is 5.91 Å². The van der Waals surface area contributed by atoms with Gasteiger partial charge in [0.2, 0.25) is 0 Å². The standard InChI is InChI=1S/C12H19N3O2/c1-15(7-9-3-2-4-9)8-11-10(5-6-17-11)12(16)14-13/h5-6,9H,2-4,7-8,13H2,1H3,(H,14,16). The van der Waals surface area contributed by atoms with Crippen molar-refractivity contribution in [1.29, 1.82) is 0 Å². The van der Waals surface area contributed by atoms with Crippen LogP contribution in [0.3, 0.4) is 0 Å². The van der Waals surface area contributed by atoms with Gasteiger partial charge in [-0.25, -0.2) is 5.84 Å². The molecule has 0 radical (unpaired) electrons. The highest BCUT2D eigenvalue weighted by atomic mass is 16.3. The quantitative estimate of drug-likeness (QED) is 0.457. The summed E-state index contributed by atoms with van der Waals surface area (Å²) in [5.74, 6) is 6.30. The van der Waals surface area contributed by atoms with Crippen LogP contribution in [0.15, 0.2) is 16.7 Å². The molecule has 5 heteroatoms. The van der Waals surface area contributed by atoms with E-state index in [1.54, 1.807) is 6.07 Å². The van der Waals surface area contributed by atoms with E-state index in [0.29, 0.717) is 17.9 Å². The molecular formula is C12H19N3O2. The summed E-state index contributed by atoms with van der Waals surface area (Å²) in [6, 6.07) is 1.65. The van der Waals surface area contributed by atoms with Crippen LogP contribution in [0, 0.1) is 5.92 Å². The summed E-state index contributed by atoms with van der Waals surface area (Å²) < 4.78 is 5.33. The molecule has 1 amide bonds. The van der Waals surface area contributed by atoms with Crippen LogP contribution in [0.5, 0.6) is 0 Å². The van der Waals surface area contributed by atoms with Gasteiger partial charge in [-0.1, -0.05) is 6.42 Å². The fraction of sp³-hybridized carbons (Fsp3) is 0.583. The Labute approximate surface area is 101 Å². The van der Waals surface area contributed by atoms with Crippen LogP contribution in [0.25, 0.3) is 0 Å². The van der Waals surface area contributed by atoms with Crippen molar-refractivity contribution in [2.45, 2.75) is 25.8 Å². The maximum Gasteiger partial charge on any atom is 0.268 e. The molecule has 0 atom stereocenters. The highest BCUT2D eigenvalue weighted by Crippen LogP contribution is 2.27. The molecule has 0 saturated heterocycles. The Balaban J connectivity index is 1.92. The number of carbonyl (C=O) groups is 1. The molecule has 1 heterocycles. The Morgan fingerprint density at radius 2 is 2.41 bits per heavy atom. The lowest BCUT2D eigenvalue weighted by Crippen LogP contribution is -2.32. The number of hydrogen-bond donors (Lipinski definition) is 2. The van der Waals surface area contributed by atoms with Gasteiger partial charge >= 0.3 is 0 Å². The number of nitrogens with one attached hydrogen (secondary N) is 1. The molecule has 0 unspecified atom stereocenters. The lowest BCUT2D eigenvalue weighted by Gasteiger charge is -2.29. The molecule has 1 aliphatic carbocycles. The Bertz CT molecular complexity index is 385. The Morgan fingerprint density at radius 3 is 3.00 bits per heavy atom. The van der Waals surface area contributed by atoms with E-state index >= 15 is 0 Å². The Morgan fingerprint density at radius 1 is 1.65 bits per heavy atom. The third-order valence-electron chi connectivity index (χ3n) is 3.33. The number of nitrogens with zero attached hydrogens (tertiary/aromatic N) is 1. The summed E-state index contributed by atoms with van der Waals surface area (Å²) in [4.78, 5) is 13.6. The molecule has 0 aromatic carbocycles. The number of hydrogen-bond acceptors (Lipinski definition) is 4. The fourth-order valence-electron chi connectivity index (χ4n) is 2.17. The van der Waals surface area contributed by atoms with Crippen molar-refractivity contribution in [2.75, 3.05) is 13.6 Å². The molecule has 3 N–H and O–H groups in total. The second-order valence-corrected chi connectivity index (χ2v) is 4.72. The number of carbonyl (C=O) groups excluding carboxylic acids is 1. The van der Waals surface area contributed by atoms with E-state index in [1.165, 1.54) is 25.5 Å². The SMILES string of the molecule is CN(Cc1occc1C(=O)NN)CC1CCC1. The van der Waals surface area contributed by atoms with Crippen LogP contribution in [0.4, 0.5) is 0 Å². The van der Waals surface area contributed by atoms with Crippen molar-refractivity contribution in [2.24, 2.45) is 11.8 Å². The Kier molecular flexibility index (Phi) is 3.81. The van der Waals surface area contributed by atoms with Crippen molar-refractivity contribution in [3.63, 3.8) is 0 Å². The van der Waals surface area contributed by atoms with Gasteiger partial charge in [-0.2, -0.15) is 0 Å². The number of nitrogens with two attached hydrogens (primary N) is 1. The maximum absolute atomic E-state index is 11.5. The lowest BCUT2D eigenvalue weighted by atomic mass is 9.85. The van der Waals surface area contributed by atoms with E-state index in [-0.39, 0.29) is 5.91 Å². The van der Waals surface area contributed by atoms with E-state index < -0.39 is 0 Å². The molecule has 17 heavy (non-hydrogen) atoms. The molecule has 0 bridgehead atoms. The number of rotatable bonds is 5. The van der Waals surface area contributed by atoms with Gasteiger partial charge in [0, 0.05) is 6.54 Å². The van der Waals surface area contributed by atoms with Gasteiger partial charge in [-0.15, -0.1) is 0 Å². The first kappa shape index (κ1) is 12.1. The Hall–Kier alpha value is -1.33. The molecule has 1 fully saturated rings. The van der Waals surface area contributed by atoms with Crippen LogP contribution in [-0.4, -0.2) is 24.4 Å². The van der Waals surface area contributed by atoms with Gasteiger partial charge in [0.05, 0.1) is 18.4 Å². The van der Waals surface area contributed by atoms with Crippen molar-refractivity contribution in [1.82, 2.24) is 10.3 Å². The summed E-state index contributed by atoms with van der Waals surface area (Å²) >= 11 is 0. The molecule has 2 rings (SSSR count). The second-order valence-electron chi connectivity index (χ2n) is 4.72. The summed E-state index contributed by atoms with van der Waals surface area (Å²) in [6.45, 7) is 1.70. The predicted octanol–water partition coefficient (Wildman–Crippen LogP) is 1.11. The molecular weight excluding hydrogens is 218 g/mol.